The first-order chi connectivity index (χ1) is 8.65. The highest BCUT2D eigenvalue weighted by Gasteiger charge is 2.45. The van der Waals surface area contributed by atoms with Gasteiger partial charge in [0.2, 0.25) is 0 Å². The van der Waals surface area contributed by atoms with Gasteiger partial charge < -0.3 is 10.4 Å². The normalized spacial score (nSPS) is 34.5. The van der Waals surface area contributed by atoms with Crippen LogP contribution in [0.5, 0.6) is 0 Å². The van der Waals surface area contributed by atoms with Crippen LogP contribution in [0.3, 0.4) is 0 Å². The predicted octanol–water partition coefficient (Wildman–Crippen LogP) is 2.60. The van der Waals surface area contributed by atoms with E-state index in [1.807, 2.05) is 0 Å². The number of fused-ring (bicyclic) bond motifs is 2. The predicted molar refractivity (Wildman–Crippen MR) is 77.6 cm³/mol. The Morgan fingerprint density at radius 1 is 1.28 bits per heavy atom. The molecule has 0 radical (unpaired) electrons. The minimum atomic E-state index is -0.656. The van der Waals surface area contributed by atoms with Gasteiger partial charge in [0.1, 0.15) is 0 Å². The Morgan fingerprint density at radius 2 is 2.00 bits per heavy atom. The molecule has 0 spiro atoms. The smallest absolute Gasteiger partial charge is 0.308 e. The van der Waals surface area contributed by atoms with Crippen molar-refractivity contribution < 1.29 is 9.90 Å². The third kappa shape index (κ3) is 2.16. The maximum atomic E-state index is 11.6. The first-order valence-electron chi connectivity index (χ1n) is 6.39. The van der Waals surface area contributed by atoms with Crippen molar-refractivity contribution in [3.63, 3.8) is 0 Å². The molecule has 4 atom stereocenters. The molecule has 1 aromatic carbocycles. The zero-order chi connectivity index (χ0) is 12.7. The van der Waals surface area contributed by atoms with E-state index in [1.165, 1.54) is 9.13 Å². The lowest BCUT2D eigenvalue weighted by Crippen LogP contribution is -2.47. The van der Waals surface area contributed by atoms with Gasteiger partial charge in [-0.2, -0.15) is 0 Å². The number of rotatable bonds is 2. The lowest BCUT2D eigenvalue weighted by atomic mass is 9.77. The number of piperidine rings is 1. The van der Waals surface area contributed by atoms with Gasteiger partial charge in [0.25, 0.3) is 0 Å². The van der Waals surface area contributed by atoms with Crippen LogP contribution in [0.2, 0.25) is 0 Å². The van der Waals surface area contributed by atoms with E-state index in [2.05, 4.69) is 52.2 Å². The summed E-state index contributed by atoms with van der Waals surface area (Å²) in [6.45, 7) is 0. The molecule has 0 aromatic heterocycles. The standard InChI is InChI=1S/C14H16INO2/c15-9-3-1-8(2-4-9)11-7-10-5-6-12(16-10)13(11)14(17)18/h1-4,10-13,16H,5-7H2,(H,17,18)/t10-,11+,12+,13-/m0/s1/i15-4. The number of hydrogen-bond acceptors (Lipinski definition) is 2. The summed E-state index contributed by atoms with van der Waals surface area (Å²) in [7, 11) is 0. The average Bonchev–Trinajstić information content (AvgIpc) is 2.71. The zero-order valence-corrected chi connectivity index (χ0v) is 12.1. The fraction of sp³-hybridized carbons (Fsp3) is 0.500. The molecule has 3 rings (SSSR count). The van der Waals surface area contributed by atoms with Gasteiger partial charge in [0, 0.05) is 21.6 Å². The number of halogens is 1. The Morgan fingerprint density at radius 3 is 2.67 bits per heavy atom. The number of carboxylic acids is 1. The first-order valence-corrected chi connectivity index (χ1v) is 7.47. The molecular weight excluding hydrogens is 337 g/mol. The lowest BCUT2D eigenvalue weighted by Gasteiger charge is -2.35. The van der Waals surface area contributed by atoms with Gasteiger partial charge in [0.05, 0.1) is 5.92 Å². The molecule has 0 amide bonds. The van der Waals surface area contributed by atoms with E-state index >= 15 is 0 Å². The largest absolute Gasteiger partial charge is 0.481 e. The van der Waals surface area contributed by atoms with Crippen LogP contribution in [0.1, 0.15) is 30.7 Å². The van der Waals surface area contributed by atoms with Crippen molar-refractivity contribution in [2.45, 2.75) is 37.3 Å². The van der Waals surface area contributed by atoms with E-state index in [0.29, 0.717) is 6.04 Å². The number of carbonyl (C=O) groups is 1. The van der Waals surface area contributed by atoms with E-state index < -0.39 is 5.97 Å². The molecule has 2 heterocycles. The Balaban J connectivity index is 1.93. The molecule has 2 N–H and O–H groups in total. The fourth-order valence-corrected chi connectivity index (χ4v) is 3.81. The highest BCUT2D eigenvalue weighted by Crippen LogP contribution is 2.41. The lowest BCUT2D eigenvalue weighted by molar-refractivity contribution is -0.144. The van der Waals surface area contributed by atoms with E-state index in [-0.39, 0.29) is 17.9 Å². The van der Waals surface area contributed by atoms with Crippen LogP contribution in [0.25, 0.3) is 0 Å². The number of hydrogen-bond donors (Lipinski definition) is 2. The van der Waals surface area contributed by atoms with Gasteiger partial charge in [-0.1, -0.05) is 12.1 Å². The number of carboxylic acid groups (broad SMARTS) is 1. The summed E-state index contributed by atoms with van der Waals surface area (Å²) in [6, 6.07) is 8.98. The Hall–Kier alpha value is -0.620. The van der Waals surface area contributed by atoms with Crippen LogP contribution in [-0.4, -0.2) is 23.2 Å². The van der Waals surface area contributed by atoms with Gasteiger partial charge in [-0.3, -0.25) is 4.79 Å². The van der Waals surface area contributed by atoms with Crippen molar-refractivity contribution in [2.24, 2.45) is 5.92 Å². The van der Waals surface area contributed by atoms with Crippen LogP contribution in [0, 0.1) is 9.49 Å². The van der Waals surface area contributed by atoms with Crippen LogP contribution < -0.4 is 5.32 Å². The maximum Gasteiger partial charge on any atom is 0.308 e. The molecule has 2 bridgehead atoms. The molecule has 2 fully saturated rings. The highest BCUT2D eigenvalue weighted by atomic mass is 123. The van der Waals surface area contributed by atoms with Gasteiger partial charge in [-0.05, 0) is 59.5 Å². The van der Waals surface area contributed by atoms with Crippen LogP contribution in [0.4, 0.5) is 0 Å². The molecule has 2 aliphatic rings. The zero-order valence-electron chi connectivity index (χ0n) is 9.97. The average molecular weight is 353 g/mol. The molecule has 1 aromatic rings. The van der Waals surface area contributed by atoms with Gasteiger partial charge >= 0.3 is 5.97 Å². The molecule has 96 valence electrons. The molecule has 0 saturated carbocycles. The third-order valence-electron chi connectivity index (χ3n) is 4.26. The summed E-state index contributed by atoms with van der Waals surface area (Å²) in [5.74, 6) is -0.765. The second-order valence-electron chi connectivity index (χ2n) is 5.31. The minimum absolute atomic E-state index is 0.158. The van der Waals surface area contributed by atoms with E-state index in [1.54, 1.807) is 0 Å². The summed E-state index contributed by atoms with van der Waals surface area (Å²) in [5.41, 5.74) is 1.18. The molecule has 3 nitrogen and oxygen atoms in total. The van der Waals surface area contributed by atoms with Crippen LogP contribution in [0.15, 0.2) is 24.3 Å². The summed E-state index contributed by atoms with van der Waals surface area (Å²) in [4.78, 5) is 11.6. The fourth-order valence-electron chi connectivity index (χ4n) is 3.45. The van der Waals surface area contributed by atoms with Crippen molar-refractivity contribution in [3.8, 4) is 0 Å². The summed E-state index contributed by atoms with van der Waals surface area (Å²) in [6.07, 6.45) is 3.08. The summed E-state index contributed by atoms with van der Waals surface area (Å²) < 4.78 is 1.19. The maximum absolute atomic E-state index is 11.6. The second-order valence-corrected chi connectivity index (χ2v) is 6.55. The van der Waals surface area contributed by atoms with Crippen LogP contribution in [-0.2, 0) is 4.79 Å². The Labute approximate surface area is 120 Å². The monoisotopic (exact) mass is 353 g/mol. The third-order valence-corrected chi connectivity index (χ3v) is 4.98. The van der Waals surface area contributed by atoms with Crippen LogP contribution >= 0.6 is 22.6 Å². The number of benzene rings is 1. The van der Waals surface area contributed by atoms with Crippen molar-refractivity contribution in [3.05, 3.63) is 33.4 Å². The molecule has 2 aliphatic heterocycles. The molecule has 0 unspecified atom stereocenters. The topological polar surface area (TPSA) is 49.3 Å². The van der Waals surface area contributed by atoms with Crippen molar-refractivity contribution in [2.75, 3.05) is 0 Å². The van der Waals surface area contributed by atoms with Crippen molar-refractivity contribution in [1.29, 1.82) is 0 Å². The molecule has 18 heavy (non-hydrogen) atoms. The summed E-state index contributed by atoms with van der Waals surface area (Å²) >= 11 is 2.28. The highest BCUT2D eigenvalue weighted by molar-refractivity contribution is 14.1. The van der Waals surface area contributed by atoms with Gasteiger partial charge in [-0.15, -0.1) is 0 Å². The quantitative estimate of drug-likeness (QED) is 0.804. The second kappa shape index (κ2) is 4.81. The Kier molecular flexibility index (Phi) is 3.32. The van der Waals surface area contributed by atoms with E-state index in [9.17, 15) is 9.90 Å². The van der Waals surface area contributed by atoms with Crippen molar-refractivity contribution in [1.82, 2.24) is 5.32 Å². The minimum Gasteiger partial charge on any atom is -0.481 e. The number of aliphatic carboxylic acids is 1. The Bertz CT molecular complexity index is 459. The molecular formula is C14H16INO2. The molecule has 2 saturated heterocycles. The molecule has 4 heteroatoms. The van der Waals surface area contributed by atoms with E-state index in [4.69, 9.17) is 0 Å². The molecule has 0 aliphatic carbocycles. The van der Waals surface area contributed by atoms with Crippen molar-refractivity contribution >= 4 is 28.6 Å². The van der Waals surface area contributed by atoms with Gasteiger partial charge in [0.15, 0.2) is 0 Å². The van der Waals surface area contributed by atoms with Gasteiger partial charge in [-0.25, -0.2) is 0 Å². The first kappa shape index (κ1) is 12.4. The summed E-state index contributed by atoms with van der Waals surface area (Å²) in [5, 5.41) is 13.0. The van der Waals surface area contributed by atoms with E-state index in [0.717, 1.165) is 19.3 Å². The number of nitrogens with one attached hydrogen (secondary N) is 1. The SMILES string of the molecule is O=C(O)[C@H]1[C@@H](c2ccc([123I])cc2)C[C@@H]2CC[C@H]1N2.